The maximum absolute atomic E-state index is 11.6. The number of anilines is 2. The summed E-state index contributed by atoms with van der Waals surface area (Å²) in [5.74, 6) is -0.108. The van der Waals surface area contributed by atoms with Crippen molar-refractivity contribution in [1.82, 2.24) is 0 Å². The van der Waals surface area contributed by atoms with E-state index < -0.39 is 0 Å². The number of hydrogen-bond acceptors (Lipinski definition) is 2. The van der Waals surface area contributed by atoms with Crippen molar-refractivity contribution in [2.45, 2.75) is 19.8 Å². The molecule has 1 aliphatic heterocycles. The smallest absolute Gasteiger partial charge is 0.248 e. The Labute approximate surface area is 120 Å². The predicted molar refractivity (Wildman–Crippen MR) is 83.1 cm³/mol. The molecule has 1 aromatic carbocycles. The van der Waals surface area contributed by atoms with Crippen molar-refractivity contribution in [3.05, 3.63) is 48.1 Å². The summed E-state index contributed by atoms with van der Waals surface area (Å²) in [4.78, 5) is 11.6. The van der Waals surface area contributed by atoms with Crippen LogP contribution in [0.4, 0.5) is 11.4 Å². The number of nitrogens with one attached hydrogen (secondary N) is 2. The van der Waals surface area contributed by atoms with Crippen LogP contribution < -0.4 is 10.6 Å². The summed E-state index contributed by atoms with van der Waals surface area (Å²) >= 11 is 0. The third-order valence-electron chi connectivity index (χ3n) is 2.87. The zero-order valence-electron chi connectivity index (χ0n) is 11.0. The van der Waals surface area contributed by atoms with Gasteiger partial charge in [0.15, 0.2) is 0 Å². The number of benzene rings is 1. The molecular weight excluding hydrogens is 260 g/mol. The van der Waals surface area contributed by atoms with Gasteiger partial charge in [0.1, 0.15) is 0 Å². The van der Waals surface area contributed by atoms with Crippen LogP contribution in [0.1, 0.15) is 18.9 Å². The molecule has 1 aliphatic rings. The predicted octanol–water partition coefficient (Wildman–Crippen LogP) is 3.54. The molecule has 0 saturated carbocycles. The summed E-state index contributed by atoms with van der Waals surface area (Å²) in [5, 5.41) is 6.20. The molecule has 4 heteroatoms. The third-order valence-corrected chi connectivity index (χ3v) is 2.87. The second kappa shape index (κ2) is 7.64. The first-order valence-electron chi connectivity index (χ1n) is 6.27. The summed E-state index contributed by atoms with van der Waals surface area (Å²) in [7, 11) is 0. The number of carbonyl (C=O) groups is 1. The van der Waals surface area contributed by atoms with Crippen molar-refractivity contribution in [3.8, 4) is 0 Å². The number of halogens is 1. The molecule has 0 radical (unpaired) electrons. The zero-order valence-corrected chi connectivity index (χ0v) is 11.8. The summed E-state index contributed by atoms with van der Waals surface area (Å²) in [6.45, 7) is 2.92. The fraction of sp³-hybridized carbons (Fsp3) is 0.267. The third kappa shape index (κ3) is 4.45. The van der Waals surface area contributed by atoms with Crippen LogP contribution in [0.2, 0.25) is 0 Å². The summed E-state index contributed by atoms with van der Waals surface area (Å²) in [5.41, 5.74) is 3.29. The van der Waals surface area contributed by atoms with Gasteiger partial charge in [0, 0.05) is 24.0 Å². The minimum atomic E-state index is -0.108. The Morgan fingerprint density at radius 2 is 2.21 bits per heavy atom. The van der Waals surface area contributed by atoms with E-state index in [2.05, 4.69) is 16.7 Å². The second-order valence-corrected chi connectivity index (χ2v) is 4.28. The Morgan fingerprint density at radius 1 is 1.37 bits per heavy atom. The van der Waals surface area contributed by atoms with E-state index in [9.17, 15) is 4.79 Å². The van der Waals surface area contributed by atoms with Gasteiger partial charge in [-0.05, 0) is 37.5 Å². The molecule has 0 aromatic heterocycles. The van der Waals surface area contributed by atoms with Crippen molar-refractivity contribution in [2.24, 2.45) is 0 Å². The Hall–Kier alpha value is -1.74. The highest BCUT2D eigenvalue weighted by molar-refractivity contribution is 5.99. The van der Waals surface area contributed by atoms with Crippen LogP contribution >= 0.6 is 12.4 Å². The molecule has 19 heavy (non-hydrogen) atoms. The molecule has 0 bridgehead atoms. The first-order valence-corrected chi connectivity index (χ1v) is 6.27. The first-order chi connectivity index (χ1) is 8.79. The van der Waals surface area contributed by atoms with E-state index in [0.717, 1.165) is 24.3 Å². The van der Waals surface area contributed by atoms with Gasteiger partial charge in [0.2, 0.25) is 5.91 Å². The van der Waals surface area contributed by atoms with E-state index in [1.54, 1.807) is 6.08 Å². The van der Waals surface area contributed by atoms with Crippen LogP contribution in [0, 0.1) is 0 Å². The number of amides is 1. The van der Waals surface area contributed by atoms with E-state index in [0.29, 0.717) is 0 Å². The second-order valence-electron chi connectivity index (χ2n) is 4.28. The molecule has 3 nitrogen and oxygen atoms in total. The lowest BCUT2D eigenvalue weighted by Gasteiger charge is -2.18. The average molecular weight is 279 g/mol. The number of aryl methyl sites for hydroxylation is 1. The van der Waals surface area contributed by atoms with Crippen LogP contribution in [0.3, 0.4) is 0 Å². The lowest BCUT2D eigenvalue weighted by molar-refractivity contribution is -0.111. The van der Waals surface area contributed by atoms with Crippen LogP contribution in [-0.2, 0) is 11.2 Å². The molecule has 0 saturated heterocycles. The van der Waals surface area contributed by atoms with Gasteiger partial charge in [0.05, 0.1) is 0 Å². The van der Waals surface area contributed by atoms with E-state index in [-0.39, 0.29) is 18.3 Å². The van der Waals surface area contributed by atoms with E-state index in [4.69, 9.17) is 0 Å². The van der Waals surface area contributed by atoms with E-state index in [1.165, 1.54) is 18.1 Å². The minimum absolute atomic E-state index is 0. The molecular formula is C15H19ClN2O. The van der Waals surface area contributed by atoms with Crippen molar-refractivity contribution >= 4 is 29.7 Å². The highest BCUT2D eigenvalue weighted by Gasteiger charge is 2.09. The van der Waals surface area contributed by atoms with Crippen molar-refractivity contribution < 1.29 is 4.79 Å². The Bertz CT molecular complexity index is 495. The molecule has 1 amide bonds. The van der Waals surface area contributed by atoms with Crippen LogP contribution in [-0.4, -0.2) is 12.5 Å². The average Bonchev–Trinajstić information content (AvgIpc) is 2.39. The lowest BCUT2D eigenvalue weighted by Crippen LogP contribution is -2.13. The number of allylic oxidation sites excluding steroid dienone is 3. The molecule has 0 atom stereocenters. The van der Waals surface area contributed by atoms with Crippen LogP contribution in [0.25, 0.3) is 0 Å². The Kier molecular flexibility index (Phi) is 6.16. The Balaban J connectivity index is 0.00000180. The van der Waals surface area contributed by atoms with Crippen molar-refractivity contribution in [3.63, 3.8) is 0 Å². The van der Waals surface area contributed by atoms with Crippen LogP contribution in [0.15, 0.2) is 42.5 Å². The van der Waals surface area contributed by atoms with Gasteiger partial charge in [-0.15, -0.1) is 12.4 Å². The molecule has 1 aromatic rings. The molecule has 0 spiro atoms. The van der Waals surface area contributed by atoms with Gasteiger partial charge in [0.25, 0.3) is 0 Å². The van der Waals surface area contributed by atoms with Crippen molar-refractivity contribution in [2.75, 3.05) is 17.2 Å². The maximum Gasteiger partial charge on any atom is 0.248 e. The van der Waals surface area contributed by atoms with Gasteiger partial charge in [-0.1, -0.05) is 24.3 Å². The quantitative estimate of drug-likeness (QED) is 0.656. The molecule has 2 N–H and O–H groups in total. The molecule has 0 fully saturated rings. The van der Waals surface area contributed by atoms with E-state index >= 15 is 0 Å². The molecule has 2 rings (SSSR count). The monoisotopic (exact) mass is 278 g/mol. The van der Waals surface area contributed by atoms with Gasteiger partial charge < -0.3 is 10.6 Å². The topological polar surface area (TPSA) is 41.1 Å². The maximum atomic E-state index is 11.6. The summed E-state index contributed by atoms with van der Waals surface area (Å²) in [6, 6.07) is 6.02. The fourth-order valence-electron chi connectivity index (χ4n) is 1.98. The highest BCUT2D eigenvalue weighted by atomic mass is 35.5. The Morgan fingerprint density at radius 3 is 3.00 bits per heavy atom. The standard InChI is InChI=1S/C15H18N2O.ClH/c1-2-3-4-7-15(18)17-13-9-8-12-6-5-10-16-14(12)11-13;/h2-4,7-9,11,16H,5-6,10H2,1H3,(H,17,18);1H/b3-2+,7-4+;. The lowest BCUT2D eigenvalue weighted by atomic mass is 10.0. The SMILES string of the molecule is C/C=C/C=C/C(=O)Nc1ccc2c(c1)NCCC2.Cl. The number of hydrogen-bond donors (Lipinski definition) is 2. The normalized spacial score (nSPS) is 13.7. The van der Waals surface area contributed by atoms with Gasteiger partial charge in [-0.2, -0.15) is 0 Å². The first kappa shape index (κ1) is 15.3. The fourth-order valence-corrected chi connectivity index (χ4v) is 1.98. The van der Waals surface area contributed by atoms with Gasteiger partial charge >= 0.3 is 0 Å². The summed E-state index contributed by atoms with van der Waals surface area (Å²) in [6.07, 6.45) is 9.24. The highest BCUT2D eigenvalue weighted by Crippen LogP contribution is 2.25. The molecule has 1 heterocycles. The summed E-state index contributed by atoms with van der Waals surface area (Å²) < 4.78 is 0. The molecule has 0 unspecified atom stereocenters. The van der Waals surface area contributed by atoms with Gasteiger partial charge in [-0.25, -0.2) is 0 Å². The zero-order chi connectivity index (χ0) is 12.8. The van der Waals surface area contributed by atoms with Gasteiger partial charge in [-0.3, -0.25) is 4.79 Å². The number of carbonyl (C=O) groups excluding carboxylic acids is 1. The minimum Gasteiger partial charge on any atom is -0.385 e. The molecule has 102 valence electrons. The van der Waals surface area contributed by atoms with Crippen molar-refractivity contribution in [1.29, 1.82) is 0 Å². The number of rotatable bonds is 3. The largest absolute Gasteiger partial charge is 0.385 e. The van der Waals surface area contributed by atoms with E-state index in [1.807, 2.05) is 31.2 Å². The number of fused-ring (bicyclic) bond motifs is 1. The van der Waals surface area contributed by atoms with Crippen LogP contribution in [0.5, 0.6) is 0 Å². The molecule has 0 aliphatic carbocycles.